The number of benzene rings is 2. The van der Waals surface area contributed by atoms with E-state index in [1.165, 1.54) is 22.4 Å². The maximum Gasteiger partial charge on any atom is 0.279 e. The summed E-state index contributed by atoms with van der Waals surface area (Å²) in [6.07, 6.45) is 7.26. The van der Waals surface area contributed by atoms with Gasteiger partial charge in [-0.2, -0.15) is 4.99 Å². The average Bonchev–Trinajstić information content (AvgIpc) is 2.92. The van der Waals surface area contributed by atoms with E-state index in [1.807, 2.05) is 12.3 Å². The molecule has 0 unspecified atom stereocenters. The van der Waals surface area contributed by atoms with Crippen LogP contribution in [0.1, 0.15) is 10.4 Å². The monoisotopic (exact) mass is 374 g/mol. The normalized spacial score (nSPS) is 11.7. The van der Waals surface area contributed by atoms with Gasteiger partial charge in [0.25, 0.3) is 5.91 Å². The summed E-state index contributed by atoms with van der Waals surface area (Å²) >= 11 is 2.53. The van der Waals surface area contributed by atoms with E-state index < -0.39 is 17.5 Å². The van der Waals surface area contributed by atoms with E-state index in [0.29, 0.717) is 10.3 Å². The largest absolute Gasteiger partial charge is 0.302 e. The Balaban J connectivity index is 2.18. The average molecular weight is 374 g/mol. The fraction of sp³-hybridized carbons (Fsp3) is 0.111. The van der Waals surface area contributed by atoms with Gasteiger partial charge < -0.3 is 4.57 Å². The number of nitrogens with zero attached hydrogens (tertiary/aromatic N) is 2. The number of aromatic nitrogens is 1. The fourth-order valence-corrected chi connectivity index (χ4v) is 3.89. The Morgan fingerprint density at radius 3 is 2.88 bits per heavy atom. The molecule has 126 valence electrons. The number of carbonyl (C=O) groups is 1. The third-order valence-corrected chi connectivity index (χ3v) is 5.21. The second-order valence-electron chi connectivity index (χ2n) is 5.06. The highest BCUT2D eigenvalue weighted by Crippen LogP contribution is 2.22. The standard InChI is InChI=1S/C18H12F2N2OS2/c1-3-7-22-16-14(20)9-12(19)10-15(16)25-18(22)21-17(23)11-5-4-6-13(8-11)24-2/h1,4-6,8-10H,7H2,2H3. The first-order chi connectivity index (χ1) is 12.0. The molecule has 0 saturated heterocycles. The smallest absolute Gasteiger partial charge is 0.279 e. The van der Waals surface area contributed by atoms with Gasteiger partial charge in [-0.15, -0.1) is 18.2 Å². The molecule has 0 spiro atoms. The van der Waals surface area contributed by atoms with Crippen molar-refractivity contribution < 1.29 is 13.6 Å². The molecule has 0 aliphatic carbocycles. The van der Waals surface area contributed by atoms with Gasteiger partial charge >= 0.3 is 0 Å². The Labute approximate surface area is 151 Å². The van der Waals surface area contributed by atoms with Crippen LogP contribution in [0.4, 0.5) is 8.78 Å². The van der Waals surface area contributed by atoms with Crippen molar-refractivity contribution in [2.24, 2.45) is 4.99 Å². The van der Waals surface area contributed by atoms with Crippen LogP contribution in [-0.4, -0.2) is 16.7 Å². The van der Waals surface area contributed by atoms with Crippen LogP contribution in [0.25, 0.3) is 10.2 Å². The van der Waals surface area contributed by atoms with Crippen molar-refractivity contribution in [1.82, 2.24) is 4.57 Å². The predicted molar refractivity (Wildman–Crippen MR) is 96.7 cm³/mol. The second kappa shape index (κ2) is 7.21. The van der Waals surface area contributed by atoms with Crippen molar-refractivity contribution >= 4 is 39.2 Å². The minimum atomic E-state index is -0.736. The first-order valence-electron chi connectivity index (χ1n) is 7.18. The lowest BCUT2D eigenvalue weighted by Gasteiger charge is -2.02. The lowest BCUT2D eigenvalue weighted by atomic mass is 10.2. The molecular formula is C18H12F2N2OS2. The molecule has 1 heterocycles. The van der Waals surface area contributed by atoms with Gasteiger partial charge in [0.2, 0.25) is 0 Å². The molecule has 7 heteroatoms. The third-order valence-electron chi connectivity index (χ3n) is 3.46. The molecule has 0 fully saturated rings. The minimum absolute atomic E-state index is 0.0273. The third kappa shape index (κ3) is 3.50. The predicted octanol–water partition coefficient (Wildman–Crippen LogP) is 4.08. The zero-order valence-electron chi connectivity index (χ0n) is 13.1. The topological polar surface area (TPSA) is 34.4 Å². The molecule has 1 amide bonds. The van der Waals surface area contributed by atoms with Gasteiger partial charge in [0.15, 0.2) is 10.6 Å². The van der Waals surface area contributed by atoms with Gasteiger partial charge in [-0.1, -0.05) is 23.3 Å². The molecule has 2 aromatic carbocycles. The first kappa shape index (κ1) is 17.4. The number of fused-ring (bicyclic) bond motifs is 1. The first-order valence-corrected chi connectivity index (χ1v) is 9.22. The van der Waals surface area contributed by atoms with Gasteiger partial charge in [0.1, 0.15) is 5.82 Å². The van der Waals surface area contributed by atoms with Crippen molar-refractivity contribution in [3.8, 4) is 12.3 Å². The molecule has 3 aromatic rings. The summed E-state index contributed by atoms with van der Waals surface area (Å²) < 4.78 is 29.4. The van der Waals surface area contributed by atoms with Gasteiger partial charge in [0.05, 0.1) is 16.8 Å². The Bertz CT molecular complexity index is 1080. The lowest BCUT2D eigenvalue weighted by Crippen LogP contribution is -2.17. The Morgan fingerprint density at radius 2 is 2.16 bits per heavy atom. The number of hydrogen-bond acceptors (Lipinski definition) is 3. The molecule has 0 atom stereocenters. The van der Waals surface area contributed by atoms with Crippen LogP contribution < -0.4 is 4.80 Å². The van der Waals surface area contributed by atoms with E-state index >= 15 is 0 Å². The zero-order chi connectivity index (χ0) is 18.0. The van der Waals surface area contributed by atoms with E-state index in [-0.39, 0.29) is 16.9 Å². The second-order valence-corrected chi connectivity index (χ2v) is 6.95. The van der Waals surface area contributed by atoms with E-state index in [2.05, 4.69) is 10.9 Å². The Morgan fingerprint density at radius 1 is 1.36 bits per heavy atom. The number of terminal acetylenes is 1. The van der Waals surface area contributed by atoms with Crippen LogP contribution in [0.5, 0.6) is 0 Å². The minimum Gasteiger partial charge on any atom is -0.302 e. The molecule has 1 aromatic heterocycles. The molecule has 25 heavy (non-hydrogen) atoms. The lowest BCUT2D eigenvalue weighted by molar-refractivity contribution is 0.0997. The quantitative estimate of drug-likeness (QED) is 0.511. The molecule has 3 nitrogen and oxygen atoms in total. The number of halogens is 2. The Kier molecular flexibility index (Phi) is 5.02. The maximum atomic E-state index is 14.2. The van der Waals surface area contributed by atoms with Gasteiger partial charge in [0, 0.05) is 16.5 Å². The summed E-state index contributed by atoms with van der Waals surface area (Å²) in [4.78, 5) is 17.7. The van der Waals surface area contributed by atoms with Crippen LogP contribution in [0, 0.1) is 24.0 Å². The molecule has 0 saturated carbocycles. The van der Waals surface area contributed by atoms with Crippen LogP contribution in [0.2, 0.25) is 0 Å². The molecular weight excluding hydrogens is 362 g/mol. The highest BCUT2D eigenvalue weighted by Gasteiger charge is 2.14. The summed E-state index contributed by atoms with van der Waals surface area (Å²) in [6, 6.07) is 9.03. The van der Waals surface area contributed by atoms with E-state index in [0.717, 1.165) is 22.3 Å². The molecule has 0 radical (unpaired) electrons. The number of hydrogen-bond donors (Lipinski definition) is 0. The van der Waals surface area contributed by atoms with E-state index in [1.54, 1.807) is 18.2 Å². The Hall–Kier alpha value is -2.43. The van der Waals surface area contributed by atoms with Crippen LogP contribution >= 0.6 is 23.1 Å². The van der Waals surface area contributed by atoms with Crippen LogP contribution in [-0.2, 0) is 6.54 Å². The molecule has 0 bridgehead atoms. The summed E-state index contributed by atoms with van der Waals surface area (Å²) in [5.41, 5.74) is 0.567. The molecule has 0 aliphatic heterocycles. The number of carbonyl (C=O) groups excluding carboxylic acids is 1. The summed E-state index contributed by atoms with van der Waals surface area (Å²) in [7, 11) is 0. The zero-order valence-corrected chi connectivity index (χ0v) is 14.8. The summed E-state index contributed by atoms with van der Waals surface area (Å²) in [5, 5.41) is 0. The van der Waals surface area contributed by atoms with Gasteiger partial charge in [-0.05, 0) is 30.5 Å². The van der Waals surface area contributed by atoms with Crippen LogP contribution in [0.3, 0.4) is 0 Å². The number of rotatable bonds is 3. The van der Waals surface area contributed by atoms with E-state index in [9.17, 15) is 13.6 Å². The summed E-state index contributed by atoms with van der Waals surface area (Å²) in [5.74, 6) is 0.520. The fourth-order valence-electron chi connectivity index (χ4n) is 2.36. The van der Waals surface area contributed by atoms with E-state index in [4.69, 9.17) is 6.42 Å². The van der Waals surface area contributed by atoms with Crippen molar-refractivity contribution in [3.63, 3.8) is 0 Å². The van der Waals surface area contributed by atoms with Gasteiger partial charge in [-0.3, -0.25) is 4.79 Å². The van der Waals surface area contributed by atoms with Crippen LogP contribution in [0.15, 0.2) is 46.3 Å². The van der Waals surface area contributed by atoms with Crippen molar-refractivity contribution in [1.29, 1.82) is 0 Å². The van der Waals surface area contributed by atoms with Crippen molar-refractivity contribution in [2.75, 3.05) is 6.26 Å². The molecule has 0 aliphatic rings. The SMILES string of the molecule is C#CCn1c(=NC(=O)c2cccc(SC)c2)sc2cc(F)cc(F)c21. The number of thiazole rings is 1. The molecule has 3 rings (SSSR count). The number of amides is 1. The number of thioether (sulfide) groups is 1. The highest BCUT2D eigenvalue weighted by atomic mass is 32.2. The maximum absolute atomic E-state index is 14.2. The van der Waals surface area contributed by atoms with Crippen molar-refractivity contribution in [2.45, 2.75) is 11.4 Å². The summed E-state index contributed by atoms with van der Waals surface area (Å²) in [6.45, 7) is 0.0273. The highest BCUT2D eigenvalue weighted by molar-refractivity contribution is 7.98. The van der Waals surface area contributed by atoms with Crippen molar-refractivity contribution in [3.05, 3.63) is 58.4 Å². The van der Waals surface area contributed by atoms with Gasteiger partial charge in [-0.25, -0.2) is 8.78 Å². The molecule has 0 N–H and O–H groups in total.